The molecule has 0 fully saturated rings. The molecule has 0 bridgehead atoms. The number of carbonyl (C=O) groups is 1. The van der Waals surface area contributed by atoms with E-state index in [4.69, 9.17) is 16.3 Å². The molecule has 4 nitrogen and oxygen atoms in total. The summed E-state index contributed by atoms with van der Waals surface area (Å²) in [7, 11) is 3.44. The number of hydrogen-bond acceptors (Lipinski definition) is 3. The van der Waals surface area contributed by atoms with Crippen LogP contribution in [0.15, 0.2) is 48.5 Å². The summed E-state index contributed by atoms with van der Waals surface area (Å²) in [6.45, 7) is 2.89. The Labute approximate surface area is 154 Å². The van der Waals surface area contributed by atoms with Gasteiger partial charge >= 0.3 is 0 Å². The zero-order valence-electron chi connectivity index (χ0n) is 15.0. The lowest BCUT2D eigenvalue weighted by atomic mass is 10.0. The lowest BCUT2D eigenvalue weighted by Crippen LogP contribution is -2.36. The maximum Gasteiger partial charge on any atom is 0.236 e. The third kappa shape index (κ3) is 5.48. The van der Waals surface area contributed by atoms with Crippen LogP contribution in [-0.2, 0) is 11.3 Å². The first kappa shape index (κ1) is 19.3. The molecule has 1 N–H and O–H groups in total. The molecular weight excluding hydrogens is 336 g/mol. The summed E-state index contributed by atoms with van der Waals surface area (Å²) in [5.74, 6) is 0.834. The fourth-order valence-corrected chi connectivity index (χ4v) is 2.84. The summed E-state index contributed by atoms with van der Waals surface area (Å²) in [6, 6.07) is 15.6. The lowest BCUT2D eigenvalue weighted by molar-refractivity contribution is -0.129. The van der Waals surface area contributed by atoms with Crippen LogP contribution in [0.3, 0.4) is 0 Å². The van der Waals surface area contributed by atoms with Crippen LogP contribution in [-0.4, -0.2) is 31.5 Å². The lowest BCUT2D eigenvalue weighted by Gasteiger charge is -2.22. The van der Waals surface area contributed by atoms with E-state index in [1.54, 1.807) is 19.1 Å². The van der Waals surface area contributed by atoms with Crippen LogP contribution in [0.25, 0.3) is 0 Å². The number of para-hydroxylation sites is 1. The van der Waals surface area contributed by atoms with Gasteiger partial charge < -0.3 is 15.0 Å². The number of rotatable bonds is 8. The Morgan fingerprint density at radius 3 is 2.52 bits per heavy atom. The van der Waals surface area contributed by atoms with Crippen LogP contribution in [0, 0.1) is 0 Å². The van der Waals surface area contributed by atoms with Gasteiger partial charge in [-0.15, -0.1) is 0 Å². The van der Waals surface area contributed by atoms with Crippen molar-refractivity contribution >= 4 is 17.5 Å². The number of ether oxygens (including phenoxy) is 1. The monoisotopic (exact) mass is 360 g/mol. The van der Waals surface area contributed by atoms with Gasteiger partial charge in [0.1, 0.15) is 5.75 Å². The standard InChI is InChI=1S/C20H25ClN2O2/c1-4-18(15-9-11-17(21)12-10-15)22-13-20(24)23(2)14-16-7-5-6-8-19(16)25-3/h5-12,18,22H,4,13-14H2,1-3H3. The molecule has 2 aromatic carbocycles. The van der Waals surface area contributed by atoms with Gasteiger partial charge in [0.05, 0.1) is 13.7 Å². The molecule has 0 aliphatic carbocycles. The minimum Gasteiger partial charge on any atom is -0.496 e. The SMILES string of the molecule is CCC(NCC(=O)N(C)Cc1ccccc1OC)c1ccc(Cl)cc1. The summed E-state index contributed by atoms with van der Waals surface area (Å²) in [5.41, 5.74) is 2.12. The average Bonchev–Trinajstić information content (AvgIpc) is 2.63. The van der Waals surface area contributed by atoms with Crippen LogP contribution in [0.5, 0.6) is 5.75 Å². The predicted octanol–water partition coefficient (Wildman–Crippen LogP) is 4.05. The van der Waals surface area contributed by atoms with Crippen molar-refractivity contribution in [1.82, 2.24) is 10.2 Å². The van der Waals surface area contributed by atoms with E-state index in [1.807, 2.05) is 48.5 Å². The maximum absolute atomic E-state index is 12.5. The fraction of sp³-hybridized carbons (Fsp3) is 0.350. The summed E-state index contributed by atoms with van der Waals surface area (Å²) < 4.78 is 5.34. The minimum atomic E-state index is 0.0401. The second-order valence-corrected chi connectivity index (χ2v) is 6.39. The van der Waals surface area contributed by atoms with Crippen LogP contribution in [0.1, 0.15) is 30.5 Å². The third-order valence-electron chi connectivity index (χ3n) is 4.21. The molecule has 0 aliphatic heterocycles. The van der Waals surface area contributed by atoms with Crippen molar-refractivity contribution in [1.29, 1.82) is 0 Å². The van der Waals surface area contributed by atoms with Crippen molar-refractivity contribution in [3.05, 3.63) is 64.7 Å². The summed E-state index contributed by atoms with van der Waals surface area (Å²) >= 11 is 5.94. The molecule has 1 atom stereocenters. The summed E-state index contributed by atoms with van der Waals surface area (Å²) in [5, 5.41) is 4.05. The number of nitrogens with one attached hydrogen (secondary N) is 1. The van der Waals surface area contributed by atoms with E-state index in [1.165, 1.54) is 0 Å². The Hall–Kier alpha value is -2.04. The summed E-state index contributed by atoms with van der Waals surface area (Å²) in [6.07, 6.45) is 0.894. The highest BCUT2D eigenvalue weighted by atomic mass is 35.5. The van der Waals surface area contributed by atoms with Crippen LogP contribution in [0.2, 0.25) is 5.02 Å². The van der Waals surface area contributed by atoms with E-state index < -0.39 is 0 Å². The molecule has 2 aromatic rings. The highest BCUT2D eigenvalue weighted by Crippen LogP contribution is 2.20. The largest absolute Gasteiger partial charge is 0.496 e. The van der Waals surface area contributed by atoms with E-state index in [2.05, 4.69) is 12.2 Å². The number of halogens is 1. The normalized spacial score (nSPS) is 11.8. The number of benzene rings is 2. The molecule has 1 unspecified atom stereocenters. The Kier molecular flexibility index (Phi) is 7.29. The van der Waals surface area contributed by atoms with E-state index in [-0.39, 0.29) is 18.5 Å². The van der Waals surface area contributed by atoms with Crippen molar-refractivity contribution < 1.29 is 9.53 Å². The number of hydrogen-bond donors (Lipinski definition) is 1. The van der Waals surface area contributed by atoms with E-state index in [0.717, 1.165) is 23.3 Å². The smallest absolute Gasteiger partial charge is 0.236 e. The highest BCUT2D eigenvalue weighted by molar-refractivity contribution is 6.30. The molecule has 134 valence electrons. The second kappa shape index (κ2) is 9.44. The zero-order valence-corrected chi connectivity index (χ0v) is 15.7. The number of likely N-dealkylation sites (N-methyl/N-ethyl adjacent to an activating group) is 1. The fourth-order valence-electron chi connectivity index (χ4n) is 2.72. The van der Waals surface area contributed by atoms with Crippen molar-refractivity contribution in [2.45, 2.75) is 25.9 Å². The number of carbonyl (C=O) groups excluding carboxylic acids is 1. The van der Waals surface area contributed by atoms with Gasteiger partial charge in [0.25, 0.3) is 0 Å². The van der Waals surface area contributed by atoms with Gasteiger partial charge in [0, 0.05) is 30.2 Å². The molecular formula is C20H25ClN2O2. The van der Waals surface area contributed by atoms with Crippen molar-refractivity contribution in [3.63, 3.8) is 0 Å². The van der Waals surface area contributed by atoms with Gasteiger partial charge in [0.2, 0.25) is 5.91 Å². The first-order valence-electron chi connectivity index (χ1n) is 8.39. The maximum atomic E-state index is 12.5. The van der Waals surface area contributed by atoms with Gasteiger partial charge in [-0.2, -0.15) is 0 Å². The van der Waals surface area contributed by atoms with Gasteiger partial charge in [-0.25, -0.2) is 0 Å². The molecule has 0 aromatic heterocycles. The molecule has 0 radical (unpaired) electrons. The molecule has 0 saturated carbocycles. The summed E-state index contributed by atoms with van der Waals surface area (Å²) in [4.78, 5) is 14.2. The third-order valence-corrected chi connectivity index (χ3v) is 4.46. The van der Waals surface area contributed by atoms with Crippen LogP contribution < -0.4 is 10.1 Å². The second-order valence-electron chi connectivity index (χ2n) is 5.95. The Bertz CT molecular complexity index is 688. The Morgan fingerprint density at radius 2 is 1.88 bits per heavy atom. The predicted molar refractivity (Wildman–Crippen MR) is 102 cm³/mol. The number of amides is 1. The van der Waals surface area contributed by atoms with Crippen molar-refractivity contribution in [2.75, 3.05) is 20.7 Å². The molecule has 0 spiro atoms. The number of nitrogens with zero attached hydrogens (tertiary/aromatic N) is 1. The molecule has 0 saturated heterocycles. The minimum absolute atomic E-state index is 0.0401. The first-order chi connectivity index (χ1) is 12.0. The molecule has 25 heavy (non-hydrogen) atoms. The molecule has 5 heteroatoms. The molecule has 2 rings (SSSR count). The molecule has 1 amide bonds. The van der Waals surface area contributed by atoms with Gasteiger partial charge in [-0.05, 0) is 30.2 Å². The molecule has 0 aliphatic rings. The average molecular weight is 361 g/mol. The van der Waals surface area contributed by atoms with Gasteiger partial charge in [-0.1, -0.05) is 48.9 Å². The van der Waals surface area contributed by atoms with Gasteiger partial charge in [0.15, 0.2) is 0 Å². The van der Waals surface area contributed by atoms with Crippen molar-refractivity contribution in [2.24, 2.45) is 0 Å². The van der Waals surface area contributed by atoms with E-state index in [0.29, 0.717) is 11.6 Å². The Balaban J connectivity index is 1.92. The number of methoxy groups -OCH3 is 1. The Morgan fingerprint density at radius 1 is 1.20 bits per heavy atom. The van der Waals surface area contributed by atoms with E-state index in [9.17, 15) is 4.79 Å². The quantitative estimate of drug-likeness (QED) is 0.772. The topological polar surface area (TPSA) is 41.6 Å². The molecule has 0 heterocycles. The van der Waals surface area contributed by atoms with Crippen molar-refractivity contribution in [3.8, 4) is 5.75 Å². The first-order valence-corrected chi connectivity index (χ1v) is 8.77. The highest BCUT2D eigenvalue weighted by Gasteiger charge is 2.15. The van der Waals surface area contributed by atoms with Crippen LogP contribution >= 0.6 is 11.6 Å². The zero-order chi connectivity index (χ0) is 18.2. The van der Waals surface area contributed by atoms with Gasteiger partial charge in [-0.3, -0.25) is 4.79 Å². The van der Waals surface area contributed by atoms with E-state index >= 15 is 0 Å². The van der Waals surface area contributed by atoms with Crippen LogP contribution in [0.4, 0.5) is 0 Å².